The summed E-state index contributed by atoms with van der Waals surface area (Å²) in [7, 11) is -5.88. The summed E-state index contributed by atoms with van der Waals surface area (Å²) in [5.74, 6) is -1.00. The molecule has 9 heteroatoms. The van der Waals surface area contributed by atoms with Crippen molar-refractivity contribution in [3.05, 3.63) is 34.4 Å². The highest BCUT2D eigenvalue weighted by Gasteiger charge is 2.49. The molecular weight excluding hydrogens is 277 g/mol. The highest BCUT2D eigenvalue weighted by Crippen LogP contribution is 2.25. The zero-order valence-electron chi connectivity index (χ0n) is 8.89. The van der Waals surface area contributed by atoms with E-state index in [1.165, 1.54) is 12.2 Å². The number of halogens is 3. The number of allylic oxidation sites excluding steroid dienone is 1. The average Bonchev–Trinajstić information content (AvgIpc) is 2.21. The van der Waals surface area contributed by atoms with Gasteiger partial charge < -0.3 is 8.60 Å². The molecule has 0 N–H and O–H groups in total. The second-order valence-electron chi connectivity index (χ2n) is 2.99. The van der Waals surface area contributed by atoms with Gasteiger partial charge >= 0.3 is 15.6 Å². The van der Waals surface area contributed by atoms with Crippen molar-refractivity contribution in [2.45, 2.75) is 12.4 Å². The van der Waals surface area contributed by atoms with Crippen LogP contribution in [0.1, 0.15) is 12.7 Å². The SMILES string of the molecule is C/C=C/c1cc(=O)c(OS(=O)(=O)C(F)(F)F)co1. The molecule has 0 saturated heterocycles. The quantitative estimate of drug-likeness (QED) is 0.626. The molecule has 18 heavy (non-hydrogen) atoms. The Kier molecular flexibility index (Phi) is 3.85. The third-order valence-corrected chi connectivity index (χ3v) is 2.60. The van der Waals surface area contributed by atoms with Gasteiger partial charge in [-0.1, -0.05) is 6.08 Å². The second kappa shape index (κ2) is 4.84. The fourth-order valence-corrected chi connectivity index (χ4v) is 1.34. The van der Waals surface area contributed by atoms with Crippen LogP contribution in [0.4, 0.5) is 13.2 Å². The molecule has 100 valence electrons. The molecule has 1 rings (SSSR count). The lowest BCUT2D eigenvalue weighted by atomic mass is 10.3. The molecule has 0 bridgehead atoms. The summed E-state index contributed by atoms with van der Waals surface area (Å²) < 4.78 is 65.6. The first-order valence-corrected chi connectivity index (χ1v) is 5.84. The first kappa shape index (κ1) is 14.3. The summed E-state index contributed by atoms with van der Waals surface area (Å²) in [6.45, 7) is 1.62. The largest absolute Gasteiger partial charge is 0.534 e. The Morgan fingerprint density at radius 3 is 2.44 bits per heavy atom. The van der Waals surface area contributed by atoms with Crippen molar-refractivity contribution >= 4 is 16.2 Å². The lowest BCUT2D eigenvalue weighted by Crippen LogP contribution is -2.29. The van der Waals surface area contributed by atoms with E-state index in [0.717, 1.165) is 6.07 Å². The van der Waals surface area contributed by atoms with Crippen molar-refractivity contribution in [1.29, 1.82) is 0 Å². The van der Waals surface area contributed by atoms with E-state index in [4.69, 9.17) is 4.42 Å². The van der Waals surface area contributed by atoms with Gasteiger partial charge in [0.25, 0.3) is 0 Å². The van der Waals surface area contributed by atoms with Crippen molar-refractivity contribution in [3.63, 3.8) is 0 Å². The predicted molar refractivity (Wildman–Crippen MR) is 55.3 cm³/mol. The van der Waals surface area contributed by atoms with E-state index >= 15 is 0 Å². The van der Waals surface area contributed by atoms with E-state index < -0.39 is 26.8 Å². The van der Waals surface area contributed by atoms with Gasteiger partial charge in [0.1, 0.15) is 12.0 Å². The van der Waals surface area contributed by atoms with Gasteiger partial charge in [-0.2, -0.15) is 21.6 Å². The van der Waals surface area contributed by atoms with Crippen LogP contribution in [0.15, 0.2) is 27.6 Å². The van der Waals surface area contributed by atoms with Gasteiger partial charge in [-0.3, -0.25) is 4.79 Å². The normalized spacial score (nSPS) is 12.9. The molecule has 5 nitrogen and oxygen atoms in total. The van der Waals surface area contributed by atoms with E-state index in [-0.39, 0.29) is 5.76 Å². The van der Waals surface area contributed by atoms with Gasteiger partial charge in [0.05, 0.1) is 0 Å². The van der Waals surface area contributed by atoms with E-state index in [1.54, 1.807) is 6.92 Å². The highest BCUT2D eigenvalue weighted by molar-refractivity contribution is 7.87. The summed E-state index contributed by atoms with van der Waals surface area (Å²) in [5, 5.41) is 0. The number of alkyl halides is 3. The van der Waals surface area contributed by atoms with E-state index in [2.05, 4.69) is 4.18 Å². The Morgan fingerprint density at radius 1 is 1.39 bits per heavy atom. The third kappa shape index (κ3) is 3.13. The molecule has 1 aromatic heterocycles. The Balaban J connectivity index is 3.12. The van der Waals surface area contributed by atoms with Crippen molar-refractivity contribution in [1.82, 2.24) is 0 Å². The lowest BCUT2D eigenvalue weighted by molar-refractivity contribution is -0.0500. The topological polar surface area (TPSA) is 73.6 Å². The van der Waals surface area contributed by atoms with Gasteiger partial charge in [-0.25, -0.2) is 0 Å². The van der Waals surface area contributed by atoms with Crippen LogP contribution in [-0.4, -0.2) is 13.9 Å². The van der Waals surface area contributed by atoms with Crippen LogP contribution in [-0.2, 0) is 10.1 Å². The molecule has 0 amide bonds. The summed E-state index contributed by atoms with van der Waals surface area (Å²) in [4.78, 5) is 11.3. The van der Waals surface area contributed by atoms with Crippen LogP contribution in [0.5, 0.6) is 5.75 Å². The minimum atomic E-state index is -5.88. The molecule has 1 aromatic rings. The van der Waals surface area contributed by atoms with Gasteiger partial charge in [-0.05, 0) is 13.0 Å². The molecule has 0 atom stereocenters. The van der Waals surface area contributed by atoms with Gasteiger partial charge in [0.2, 0.25) is 11.2 Å². The van der Waals surface area contributed by atoms with Crippen LogP contribution < -0.4 is 9.61 Å². The number of rotatable bonds is 3. The number of hydrogen-bond donors (Lipinski definition) is 0. The van der Waals surface area contributed by atoms with Crippen molar-refractivity contribution < 1.29 is 30.2 Å². The first-order valence-electron chi connectivity index (χ1n) is 4.43. The van der Waals surface area contributed by atoms with Crippen LogP contribution >= 0.6 is 0 Å². The maximum atomic E-state index is 12.0. The minimum absolute atomic E-state index is 0.0549. The minimum Gasteiger partial charge on any atom is -0.461 e. The summed E-state index contributed by atoms with van der Waals surface area (Å²) in [5.41, 5.74) is -6.65. The highest BCUT2D eigenvalue weighted by atomic mass is 32.2. The summed E-state index contributed by atoms with van der Waals surface area (Å²) >= 11 is 0. The van der Waals surface area contributed by atoms with Crippen molar-refractivity contribution in [2.75, 3.05) is 0 Å². The summed E-state index contributed by atoms with van der Waals surface area (Å²) in [6, 6.07) is 0.807. The molecule has 0 aromatic carbocycles. The fourth-order valence-electron chi connectivity index (χ4n) is 0.892. The van der Waals surface area contributed by atoms with E-state index in [1.807, 2.05) is 0 Å². The molecular formula is C9H7F3O5S. The predicted octanol–water partition coefficient (Wildman–Crippen LogP) is 1.90. The van der Waals surface area contributed by atoms with Gasteiger partial charge in [-0.15, -0.1) is 0 Å². The molecule has 0 radical (unpaired) electrons. The zero-order chi connectivity index (χ0) is 14.0. The molecule has 0 aliphatic heterocycles. The van der Waals surface area contributed by atoms with Crippen molar-refractivity contribution in [3.8, 4) is 5.75 Å². The molecule has 1 heterocycles. The van der Waals surface area contributed by atoms with Gasteiger partial charge in [0, 0.05) is 6.07 Å². The van der Waals surface area contributed by atoms with Crippen LogP contribution in [0.3, 0.4) is 0 Å². The molecule has 0 aliphatic rings. The maximum Gasteiger partial charge on any atom is 0.534 e. The van der Waals surface area contributed by atoms with Gasteiger partial charge in [0.15, 0.2) is 0 Å². The van der Waals surface area contributed by atoms with Crippen LogP contribution in [0.25, 0.3) is 6.08 Å². The Labute approximate surface area is 99.6 Å². The Hall–Kier alpha value is -1.77. The maximum absolute atomic E-state index is 12.0. The average molecular weight is 284 g/mol. The molecule has 0 unspecified atom stereocenters. The van der Waals surface area contributed by atoms with Crippen LogP contribution in [0, 0.1) is 0 Å². The standard InChI is InChI=1S/C9H7F3O5S/c1-2-3-6-4-7(13)8(5-16-6)17-18(14,15)9(10,11)12/h2-5H,1H3/b3-2+. The zero-order valence-corrected chi connectivity index (χ0v) is 9.71. The fraction of sp³-hybridized carbons (Fsp3) is 0.222. The second-order valence-corrected chi connectivity index (χ2v) is 4.53. The third-order valence-electron chi connectivity index (χ3n) is 1.63. The van der Waals surface area contributed by atoms with E-state index in [0.29, 0.717) is 6.26 Å². The lowest BCUT2D eigenvalue weighted by Gasteiger charge is -2.08. The Bertz CT molecular complexity index is 612. The monoisotopic (exact) mass is 284 g/mol. The molecule has 0 aliphatic carbocycles. The molecule has 0 fully saturated rings. The molecule has 0 saturated carbocycles. The van der Waals surface area contributed by atoms with Crippen molar-refractivity contribution in [2.24, 2.45) is 0 Å². The van der Waals surface area contributed by atoms with E-state index in [9.17, 15) is 26.4 Å². The smallest absolute Gasteiger partial charge is 0.461 e. The van der Waals surface area contributed by atoms with Crippen LogP contribution in [0.2, 0.25) is 0 Å². The summed E-state index contributed by atoms with van der Waals surface area (Å²) in [6.07, 6.45) is 3.38. The Morgan fingerprint density at radius 2 is 2.00 bits per heavy atom. The first-order chi connectivity index (χ1) is 8.17. The molecule has 0 spiro atoms. The number of hydrogen-bond acceptors (Lipinski definition) is 5.